The number of ketones is 1. The first-order valence-electron chi connectivity index (χ1n) is 14.0. The van der Waals surface area contributed by atoms with Crippen LogP contribution < -0.4 is 10.6 Å². The van der Waals surface area contributed by atoms with E-state index in [-0.39, 0.29) is 24.7 Å². The number of halogens is 1. The van der Waals surface area contributed by atoms with Crippen molar-refractivity contribution in [3.8, 4) is 0 Å². The van der Waals surface area contributed by atoms with Gasteiger partial charge in [-0.2, -0.15) is 0 Å². The van der Waals surface area contributed by atoms with Gasteiger partial charge in [-0.25, -0.2) is 14.4 Å². The smallest absolute Gasteiger partial charge is 0.311 e. The van der Waals surface area contributed by atoms with Crippen molar-refractivity contribution in [2.75, 3.05) is 26.4 Å². The molecule has 4 amide bonds. The third kappa shape index (κ3) is 5.79. The number of amidine groups is 1. The van der Waals surface area contributed by atoms with E-state index in [2.05, 4.69) is 20.6 Å². The number of carbonyl (C=O) groups is 5. The van der Waals surface area contributed by atoms with Crippen molar-refractivity contribution in [2.24, 2.45) is 17.5 Å². The lowest BCUT2D eigenvalue weighted by Crippen LogP contribution is -2.65. The summed E-state index contributed by atoms with van der Waals surface area (Å²) in [5.74, 6) is -3.92. The Bertz CT molecular complexity index is 1530. The Kier molecular flexibility index (Phi) is 8.16. The van der Waals surface area contributed by atoms with Gasteiger partial charge in [0.05, 0.1) is 5.54 Å². The molecule has 1 aromatic carbocycles. The van der Waals surface area contributed by atoms with Crippen LogP contribution in [0.4, 0.5) is 4.39 Å². The highest BCUT2D eigenvalue weighted by Crippen LogP contribution is 2.49. The minimum atomic E-state index is -1.66. The number of amides is 4. The normalized spacial score (nSPS) is 24.6. The minimum Gasteiger partial charge on any atom is -0.350 e. The van der Waals surface area contributed by atoms with Crippen molar-refractivity contribution >= 4 is 47.0 Å². The van der Waals surface area contributed by atoms with E-state index in [1.807, 2.05) is 17.8 Å². The molecule has 1 atom stereocenters. The Morgan fingerprint density at radius 1 is 1.16 bits per heavy atom. The Hall–Kier alpha value is -4.07. The maximum Gasteiger partial charge on any atom is 0.311 e. The number of nitrogens with one attached hydrogen (secondary N) is 2. The number of aromatic nitrogens is 2. The van der Waals surface area contributed by atoms with Crippen LogP contribution in [0, 0.1) is 18.2 Å². The predicted molar refractivity (Wildman–Crippen MR) is 155 cm³/mol. The number of aryl methyl sites for hydroxylation is 2. The predicted octanol–water partition coefficient (Wildman–Crippen LogP) is 0.972. The molecule has 2 bridgehead atoms. The summed E-state index contributed by atoms with van der Waals surface area (Å²) in [6.07, 6.45) is 5.44. The zero-order valence-electron chi connectivity index (χ0n) is 24.5. The number of carbonyl (C=O) groups excluding carboxylic acids is 5. The summed E-state index contributed by atoms with van der Waals surface area (Å²) in [4.78, 5) is 77.2. The van der Waals surface area contributed by atoms with E-state index in [9.17, 15) is 28.4 Å². The van der Waals surface area contributed by atoms with Gasteiger partial charge in [0.15, 0.2) is 11.2 Å². The lowest BCUT2D eigenvalue weighted by atomic mass is 9.69. The third-order valence-electron chi connectivity index (χ3n) is 8.47. The van der Waals surface area contributed by atoms with Crippen LogP contribution in [-0.4, -0.2) is 92.6 Å². The number of benzene rings is 1. The molecule has 1 aromatic heterocycles. The number of imidazole rings is 1. The number of Topliss-reactive ketones (excluding diaryl/α,β-unsaturated/α-hetero) is 1. The molecule has 1 saturated carbocycles. The number of fused-ring (bicyclic) bond motifs is 2. The van der Waals surface area contributed by atoms with E-state index in [0.29, 0.717) is 42.6 Å². The molecule has 2 saturated heterocycles. The Morgan fingerprint density at radius 3 is 2.51 bits per heavy atom. The first-order chi connectivity index (χ1) is 20.3. The molecule has 3 fully saturated rings. The molecule has 1 aliphatic carbocycles. The van der Waals surface area contributed by atoms with Gasteiger partial charge in [-0.1, -0.05) is 23.9 Å². The van der Waals surface area contributed by atoms with Gasteiger partial charge in [-0.3, -0.25) is 28.9 Å². The van der Waals surface area contributed by atoms with Crippen molar-refractivity contribution < 1.29 is 28.4 Å². The average molecular weight is 612 g/mol. The van der Waals surface area contributed by atoms with E-state index in [4.69, 9.17) is 0 Å². The van der Waals surface area contributed by atoms with Crippen LogP contribution in [0.15, 0.2) is 40.7 Å². The highest BCUT2D eigenvalue weighted by Gasteiger charge is 2.58. The summed E-state index contributed by atoms with van der Waals surface area (Å²) >= 11 is 1.55. The summed E-state index contributed by atoms with van der Waals surface area (Å²) in [5.41, 5.74) is -0.623. The van der Waals surface area contributed by atoms with Gasteiger partial charge in [0, 0.05) is 52.4 Å². The molecule has 12 nitrogen and oxygen atoms in total. The molecule has 1 unspecified atom stereocenters. The average Bonchev–Trinajstić information content (AvgIpc) is 3.28. The Morgan fingerprint density at radius 2 is 1.88 bits per heavy atom. The monoisotopic (exact) mass is 611 g/mol. The van der Waals surface area contributed by atoms with Crippen LogP contribution in [-0.2, 0) is 37.6 Å². The molecular weight excluding hydrogens is 577 g/mol. The number of nitrogens with zero attached hydrogens (tertiary/aromatic N) is 5. The van der Waals surface area contributed by atoms with Crippen molar-refractivity contribution in [1.29, 1.82) is 0 Å². The van der Waals surface area contributed by atoms with Crippen LogP contribution in [0.5, 0.6) is 0 Å². The van der Waals surface area contributed by atoms with Crippen LogP contribution in [0.1, 0.15) is 36.8 Å². The molecule has 4 heterocycles. The molecule has 3 aliphatic heterocycles. The molecule has 0 radical (unpaired) electrons. The number of rotatable bonds is 7. The largest absolute Gasteiger partial charge is 0.350 e. The van der Waals surface area contributed by atoms with E-state index in [1.54, 1.807) is 30.9 Å². The summed E-state index contributed by atoms with van der Waals surface area (Å²) in [7, 11) is 4.81. The number of thioether (sulfide) groups is 1. The topological polar surface area (TPSA) is 146 Å². The maximum atomic E-state index is 13.7. The lowest BCUT2D eigenvalue weighted by molar-refractivity contribution is -0.146. The standard InChI is InChI=1S/C29H34FN7O5S/c1-17-13-18(5-6-19(17)30)14-32-22(39)20-21(38)24(41)37-15-28(16-43-27-31-11-12-36(27)4)7-9-29(10-8-28,26(37)33-20)34-23(40)25(42)35(2)3/h5-6,11-13,20H,7-10,14-16H2,1-4H3,(H,32,39)(H,34,40). The molecule has 6 rings (SSSR count). The van der Waals surface area contributed by atoms with Crippen molar-refractivity contribution in [1.82, 2.24) is 30.0 Å². The van der Waals surface area contributed by atoms with E-state index in [1.165, 1.54) is 31.1 Å². The Balaban J connectivity index is 1.46. The Labute approximate surface area is 252 Å². The van der Waals surface area contributed by atoms with Gasteiger partial charge in [0.25, 0.3) is 17.6 Å². The summed E-state index contributed by atoms with van der Waals surface area (Å²) in [5, 5.41) is 6.29. The highest BCUT2D eigenvalue weighted by molar-refractivity contribution is 7.99. The van der Waals surface area contributed by atoms with E-state index < -0.39 is 46.4 Å². The van der Waals surface area contributed by atoms with Gasteiger partial charge < -0.3 is 20.1 Å². The van der Waals surface area contributed by atoms with Crippen LogP contribution in [0.3, 0.4) is 0 Å². The summed E-state index contributed by atoms with van der Waals surface area (Å²) in [6, 6.07) is 2.72. The SMILES string of the molecule is Cc1cc(CNC(=O)C2N=C3N(CC4(CSc5nccn5C)CCC3(NC(=O)C(=O)N(C)C)CC4)C(=O)C2=O)ccc1F. The quantitative estimate of drug-likeness (QED) is 0.270. The molecule has 2 aromatic rings. The lowest BCUT2D eigenvalue weighted by Gasteiger charge is -2.42. The highest BCUT2D eigenvalue weighted by atomic mass is 32.2. The van der Waals surface area contributed by atoms with Gasteiger partial charge in [-0.15, -0.1) is 0 Å². The molecule has 43 heavy (non-hydrogen) atoms. The van der Waals surface area contributed by atoms with Crippen molar-refractivity contribution in [3.05, 3.63) is 47.5 Å². The maximum absolute atomic E-state index is 13.7. The zero-order valence-corrected chi connectivity index (χ0v) is 25.3. The fourth-order valence-electron chi connectivity index (χ4n) is 5.88. The second-order valence-corrected chi connectivity index (χ2v) is 12.7. The van der Waals surface area contributed by atoms with Crippen molar-refractivity contribution in [3.63, 3.8) is 0 Å². The van der Waals surface area contributed by atoms with E-state index >= 15 is 0 Å². The van der Waals surface area contributed by atoms with Gasteiger partial charge in [-0.05, 0) is 55.2 Å². The molecule has 2 N–H and O–H groups in total. The summed E-state index contributed by atoms with van der Waals surface area (Å²) < 4.78 is 15.6. The molecule has 14 heteroatoms. The molecule has 4 aliphatic rings. The zero-order chi connectivity index (χ0) is 31.1. The second-order valence-electron chi connectivity index (χ2n) is 11.8. The number of likely N-dealkylation sites (N-methyl/N-ethyl adjacent to an activating group) is 1. The first-order valence-corrected chi connectivity index (χ1v) is 14.9. The number of aliphatic imine (C=N–C) groups is 1. The van der Waals surface area contributed by atoms with Gasteiger partial charge in [0.2, 0.25) is 0 Å². The molecule has 228 valence electrons. The number of hydrogen-bond acceptors (Lipinski definition) is 8. The van der Waals surface area contributed by atoms with E-state index in [0.717, 1.165) is 10.1 Å². The fraction of sp³-hybridized carbons (Fsp3) is 0.483. The van der Waals surface area contributed by atoms with Gasteiger partial charge >= 0.3 is 11.8 Å². The summed E-state index contributed by atoms with van der Waals surface area (Å²) in [6.45, 7) is 1.78. The molecular formula is C29H34FN7O5S. The third-order valence-corrected chi connectivity index (χ3v) is 9.88. The second kappa shape index (κ2) is 11.5. The first kappa shape index (κ1) is 30.4. The molecule has 0 spiro atoms. The van der Waals surface area contributed by atoms with Crippen molar-refractivity contribution in [2.45, 2.75) is 55.9 Å². The van der Waals surface area contributed by atoms with Crippen LogP contribution in [0.25, 0.3) is 0 Å². The number of hydrogen-bond donors (Lipinski definition) is 2. The fourth-order valence-corrected chi connectivity index (χ4v) is 7.10. The van der Waals surface area contributed by atoms with Gasteiger partial charge in [0.1, 0.15) is 11.7 Å². The van der Waals surface area contributed by atoms with Crippen LogP contribution >= 0.6 is 11.8 Å². The minimum absolute atomic E-state index is 0.000763. The van der Waals surface area contributed by atoms with Crippen LogP contribution in [0.2, 0.25) is 0 Å².